The van der Waals surface area contributed by atoms with Crippen molar-refractivity contribution in [1.82, 2.24) is 4.98 Å². The molecule has 0 radical (unpaired) electrons. The number of aromatic amines is 1. The molecule has 104 valence electrons. The van der Waals surface area contributed by atoms with Crippen LogP contribution < -0.4 is 0 Å². The maximum atomic E-state index is 4.23. The monoisotopic (exact) mass is 273 g/mol. The van der Waals surface area contributed by atoms with E-state index in [2.05, 4.69) is 66.7 Å². The van der Waals surface area contributed by atoms with Crippen molar-refractivity contribution < 1.29 is 0 Å². The van der Waals surface area contributed by atoms with Crippen LogP contribution in [0.1, 0.15) is 24.0 Å². The van der Waals surface area contributed by atoms with Gasteiger partial charge in [-0.25, -0.2) is 0 Å². The molecular weight excluding hydrogens is 254 g/mol. The summed E-state index contributed by atoms with van der Waals surface area (Å²) in [6.45, 7) is 8.42. The van der Waals surface area contributed by atoms with Crippen molar-refractivity contribution in [3.05, 3.63) is 85.1 Å². The third-order valence-electron chi connectivity index (χ3n) is 3.87. The molecule has 1 N–H and O–H groups in total. The van der Waals surface area contributed by atoms with Crippen molar-refractivity contribution in [2.24, 2.45) is 0 Å². The Balaban J connectivity index is 1.67. The minimum atomic E-state index is 0.934. The maximum Gasteiger partial charge on any atom is 0.0454 e. The van der Waals surface area contributed by atoms with Crippen LogP contribution in [0.4, 0.5) is 0 Å². The minimum Gasteiger partial charge on any atom is -0.361 e. The van der Waals surface area contributed by atoms with E-state index in [4.69, 9.17) is 0 Å². The largest absolute Gasteiger partial charge is 0.361 e. The van der Waals surface area contributed by atoms with Crippen LogP contribution in [-0.2, 0) is 0 Å². The average Bonchev–Trinajstić information content (AvgIpc) is 3.00. The van der Waals surface area contributed by atoms with E-state index in [9.17, 15) is 0 Å². The number of fused-ring (bicyclic) bond motifs is 1. The molecule has 0 unspecified atom stereocenters. The van der Waals surface area contributed by atoms with Gasteiger partial charge in [0.05, 0.1) is 0 Å². The quantitative estimate of drug-likeness (QED) is 0.616. The van der Waals surface area contributed by atoms with Crippen molar-refractivity contribution in [3.8, 4) is 0 Å². The Labute approximate surface area is 125 Å². The first-order chi connectivity index (χ1) is 10.2. The second-order valence-electron chi connectivity index (χ2n) is 5.35. The van der Waals surface area contributed by atoms with E-state index < -0.39 is 0 Å². The van der Waals surface area contributed by atoms with Crippen LogP contribution in [0, 0.1) is 0 Å². The zero-order valence-corrected chi connectivity index (χ0v) is 12.1. The highest BCUT2D eigenvalue weighted by atomic mass is 14.7. The Bertz CT molecular complexity index is 778. The number of nitrogens with one attached hydrogen (secondary N) is 1. The van der Waals surface area contributed by atoms with Crippen molar-refractivity contribution >= 4 is 22.0 Å². The fourth-order valence-electron chi connectivity index (χ4n) is 2.54. The molecule has 0 bridgehead atoms. The van der Waals surface area contributed by atoms with E-state index in [-0.39, 0.29) is 0 Å². The standard InChI is InChI=1S/C20H19N/c1-15(17-6-4-3-5-7-17)8-9-16(2)18-10-11-20-19(14-18)12-13-21-20/h3-7,10-14,21H,1-2,8-9H2. The molecule has 0 spiro atoms. The van der Waals surface area contributed by atoms with Gasteiger partial charge in [0.15, 0.2) is 0 Å². The number of benzene rings is 2. The fourth-order valence-corrected chi connectivity index (χ4v) is 2.54. The Kier molecular flexibility index (Phi) is 3.74. The highest BCUT2D eigenvalue weighted by molar-refractivity contribution is 5.83. The molecule has 1 heterocycles. The first kappa shape index (κ1) is 13.4. The van der Waals surface area contributed by atoms with Crippen molar-refractivity contribution in [1.29, 1.82) is 0 Å². The number of allylic oxidation sites excluding steroid dienone is 2. The lowest BCUT2D eigenvalue weighted by Gasteiger charge is -2.09. The van der Waals surface area contributed by atoms with Gasteiger partial charge in [-0.2, -0.15) is 0 Å². The van der Waals surface area contributed by atoms with E-state index in [1.54, 1.807) is 0 Å². The van der Waals surface area contributed by atoms with Crippen LogP contribution in [0.25, 0.3) is 22.0 Å². The van der Waals surface area contributed by atoms with Gasteiger partial charge in [0.1, 0.15) is 0 Å². The predicted molar refractivity (Wildman–Crippen MR) is 92.0 cm³/mol. The molecule has 21 heavy (non-hydrogen) atoms. The molecule has 0 atom stereocenters. The summed E-state index contributed by atoms with van der Waals surface area (Å²) in [5, 5.41) is 1.23. The summed E-state index contributed by atoms with van der Waals surface area (Å²) in [6, 6.07) is 18.9. The average molecular weight is 273 g/mol. The number of hydrogen-bond acceptors (Lipinski definition) is 0. The van der Waals surface area contributed by atoms with Gasteiger partial charge in [-0.15, -0.1) is 0 Å². The molecule has 2 aromatic carbocycles. The fraction of sp³-hybridized carbons (Fsp3) is 0.100. The highest BCUT2D eigenvalue weighted by Crippen LogP contribution is 2.26. The predicted octanol–water partition coefficient (Wildman–Crippen LogP) is 5.67. The summed E-state index contributed by atoms with van der Waals surface area (Å²) >= 11 is 0. The lowest BCUT2D eigenvalue weighted by Crippen LogP contribution is -1.87. The van der Waals surface area contributed by atoms with E-state index in [1.165, 1.54) is 27.6 Å². The maximum absolute atomic E-state index is 4.23. The molecule has 1 heteroatoms. The Morgan fingerprint density at radius 3 is 2.29 bits per heavy atom. The molecule has 0 aliphatic carbocycles. The molecule has 0 fully saturated rings. The molecule has 3 rings (SSSR count). The van der Waals surface area contributed by atoms with Gasteiger partial charge in [-0.05, 0) is 58.7 Å². The molecule has 1 aromatic heterocycles. The molecule has 3 aromatic rings. The van der Waals surface area contributed by atoms with Gasteiger partial charge in [-0.3, -0.25) is 0 Å². The van der Waals surface area contributed by atoms with Gasteiger partial charge in [0.25, 0.3) is 0 Å². The van der Waals surface area contributed by atoms with Crippen LogP contribution in [0.5, 0.6) is 0 Å². The van der Waals surface area contributed by atoms with E-state index in [0.717, 1.165) is 18.4 Å². The molecule has 0 amide bonds. The lowest BCUT2D eigenvalue weighted by atomic mass is 9.96. The lowest BCUT2D eigenvalue weighted by molar-refractivity contribution is 1.09. The van der Waals surface area contributed by atoms with Crippen LogP contribution in [0.15, 0.2) is 74.0 Å². The molecule has 0 saturated carbocycles. The number of hydrogen-bond donors (Lipinski definition) is 1. The third kappa shape index (κ3) is 2.97. The SMILES string of the molecule is C=C(CCC(=C)c1ccc2[nH]ccc2c1)c1ccccc1. The van der Waals surface area contributed by atoms with E-state index in [0.29, 0.717) is 0 Å². The number of aromatic nitrogens is 1. The van der Waals surface area contributed by atoms with Crippen molar-refractivity contribution in [3.63, 3.8) is 0 Å². The van der Waals surface area contributed by atoms with E-state index >= 15 is 0 Å². The minimum absolute atomic E-state index is 0.934. The van der Waals surface area contributed by atoms with Crippen LogP contribution >= 0.6 is 0 Å². The highest BCUT2D eigenvalue weighted by Gasteiger charge is 2.04. The van der Waals surface area contributed by atoms with Gasteiger partial charge in [-0.1, -0.05) is 49.6 Å². The summed E-state index contributed by atoms with van der Waals surface area (Å²) in [5.74, 6) is 0. The first-order valence-electron chi connectivity index (χ1n) is 7.22. The topological polar surface area (TPSA) is 15.8 Å². The Morgan fingerprint density at radius 2 is 1.52 bits per heavy atom. The van der Waals surface area contributed by atoms with Gasteiger partial charge < -0.3 is 4.98 Å². The summed E-state index contributed by atoms with van der Waals surface area (Å²) in [4.78, 5) is 3.21. The third-order valence-corrected chi connectivity index (χ3v) is 3.87. The summed E-state index contributed by atoms with van der Waals surface area (Å²) in [5.41, 5.74) is 5.92. The van der Waals surface area contributed by atoms with Crippen LogP contribution in [0.3, 0.4) is 0 Å². The van der Waals surface area contributed by atoms with Crippen LogP contribution in [0.2, 0.25) is 0 Å². The van der Waals surface area contributed by atoms with Gasteiger partial charge in [0.2, 0.25) is 0 Å². The molecule has 0 aliphatic rings. The van der Waals surface area contributed by atoms with Crippen molar-refractivity contribution in [2.45, 2.75) is 12.8 Å². The van der Waals surface area contributed by atoms with Gasteiger partial charge in [0, 0.05) is 11.7 Å². The Hall–Kier alpha value is -2.54. The summed E-state index contributed by atoms with van der Waals surface area (Å²) in [7, 11) is 0. The van der Waals surface area contributed by atoms with E-state index in [1.807, 2.05) is 12.3 Å². The molecule has 1 nitrogen and oxygen atoms in total. The first-order valence-corrected chi connectivity index (χ1v) is 7.22. The molecule has 0 saturated heterocycles. The van der Waals surface area contributed by atoms with Crippen molar-refractivity contribution in [2.75, 3.05) is 0 Å². The smallest absolute Gasteiger partial charge is 0.0454 e. The number of rotatable bonds is 5. The summed E-state index contributed by atoms with van der Waals surface area (Å²) in [6.07, 6.45) is 3.84. The Morgan fingerprint density at radius 1 is 0.810 bits per heavy atom. The molecule has 0 aliphatic heterocycles. The van der Waals surface area contributed by atoms with Gasteiger partial charge >= 0.3 is 0 Å². The second kappa shape index (κ2) is 5.84. The zero-order valence-electron chi connectivity index (χ0n) is 12.1. The van der Waals surface area contributed by atoms with Crippen LogP contribution in [-0.4, -0.2) is 4.98 Å². The second-order valence-corrected chi connectivity index (χ2v) is 5.35. The summed E-state index contributed by atoms with van der Waals surface area (Å²) < 4.78 is 0. The zero-order chi connectivity index (χ0) is 14.7. The normalized spacial score (nSPS) is 10.7. The molecular formula is C20H19N. The number of H-pyrrole nitrogens is 1.